The van der Waals surface area contributed by atoms with E-state index in [1.54, 1.807) is 0 Å². The van der Waals surface area contributed by atoms with Crippen molar-refractivity contribution in [2.75, 3.05) is 13.1 Å². The lowest BCUT2D eigenvalue weighted by Crippen LogP contribution is -2.24. The van der Waals surface area contributed by atoms with Gasteiger partial charge >= 0.3 is 0 Å². The Morgan fingerprint density at radius 2 is 1.76 bits per heavy atom. The summed E-state index contributed by atoms with van der Waals surface area (Å²) in [6.07, 6.45) is 2.53. The first kappa shape index (κ1) is 14.1. The molecule has 0 aromatic heterocycles. The Balaban J connectivity index is 2.48. The third-order valence-electron chi connectivity index (χ3n) is 2.30. The predicted octanol–water partition coefficient (Wildman–Crippen LogP) is 1.23. The minimum Gasteiger partial charge on any atom is -0.330 e. The number of sulfonamides is 1. The van der Waals surface area contributed by atoms with Crippen LogP contribution >= 0.6 is 0 Å². The van der Waals surface area contributed by atoms with Crippen molar-refractivity contribution >= 4 is 10.0 Å². The fourth-order valence-corrected chi connectivity index (χ4v) is 2.42. The van der Waals surface area contributed by atoms with Crippen molar-refractivity contribution in [3.63, 3.8) is 0 Å². The highest BCUT2D eigenvalue weighted by molar-refractivity contribution is 7.89. The molecule has 17 heavy (non-hydrogen) atoms. The molecule has 6 heteroatoms. The largest absolute Gasteiger partial charge is 0.330 e. The van der Waals surface area contributed by atoms with Crippen LogP contribution in [0.2, 0.25) is 0 Å². The standard InChI is InChI=1S/C11H17FN2O2S/c12-10-4-6-11(7-5-10)17(15,16)14-9-3-1-2-8-13/h4-7,14H,1-3,8-9,13H2. The number of hydrogen-bond donors (Lipinski definition) is 2. The van der Waals surface area contributed by atoms with Gasteiger partial charge in [-0.1, -0.05) is 6.42 Å². The van der Waals surface area contributed by atoms with Gasteiger partial charge in [-0.05, 0) is 43.7 Å². The molecule has 0 saturated carbocycles. The van der Waals surface area contributed by atoms with E-state index in [4.69, 9.17) is 5.73 Å². The Bertz CT molecular complexity index is 431. The molecule has 0 fully saturated rings. The van der Waals surface area contributed by atoms with Crippen LogP contribution in [0, 0.1) is 5.82 Å². The van der Waals surface area contributed by atoms with E-state index in [2.05, 4.69) is 4.72 Å². The first-order valence-electron chi connectivity index (χ1n) is 5.51. The second-order valence-corrected chi connectivity index (χ2v) is 5.47. The normalized spacial score (nSPS) is 11.6. The van der Waals surface area contributed by atoms with E-state index in [1.165, 1.54) is 12.1 Å². The Morgan fingerprint density at radius 1 is 1.12 bits per heavy atom. The third-order valence-corrected chi connectivity index (χ3v) is 3.77. The van der Waals surface area contributed by atoms with Gasteiger partial charge in [-0.3, -0.25) is 0 Å². The van der Waals surface area contributed by atoms with Gasteiger partial charge in [0.1, 0.15) is 5.82 Å². The molecular weight excluding hydrogens is 243 g/mol. The van der Waals surface area contributed by atoms with Gasteiger partial charge < -0.3 is 5.73 Å². The zero-order chi connectivity index (χ0) is 12.7. The number of benzene rings is 1. The van der Waals surface area contributed by atoms with Crippen LogP contribution in [-0.4, -0.2) is 21.5 Å². The van der Waals surface area contributed by atoms with E-state index >= 15 is 0 Å². The van der Waals surface area contributed by atoms with Crippen molar-refractivity contribution in [1.29, 1.82) is 0 Å². The van der Waals surface area contributed by atoms with Gasteiger partial charge in [-0.25, -0.2) is 17.5 Å². The van der Waals surface area contributed by atoms with Gasteiger partial charge in [-0.15, -0.1) is 0 Å². The van der Waals surface area contributed by atoms with Crippen LogP contribution < -0.4 is 10.5 Å². The van der Waals surface area contributed by atoms with E-state index < -0.39 is 15.8 Å². The summed E-state index contributed by atoms with van der Waals surface area (Å²) in [5.74, 6) is -0.452. The zero-order valence-corrected chi connectivity index (χ0v) is 10.3. The number of halogens is 1. The maximum absolute atomic E-state index is 12.6. The van der Waals surface area contributed by atoms with Crippen LogP contribution in [-0.2, 0) is 10.0 Å². The molecule has 0 aliphatic rings. The molecule has 0 amide bonds. The first-order chi connectivity index (χ1) is 8.06. The number of nitrogens with two attached hydrogens (primary N) is 1. The third kappa shape index (κ3) is 4.80. The topological polar surface area (TPSA) is 72.2 Å². The first-order valence-corrected chi connectivity index (χ1v) is 7.00. The number of rotatable bonds is 7. The highest BCUT2D eigenvalue weighted by Crippen LogP contribution is 2.09. The van der Waals surface area contributed by atoms with Crippen LogP contribution in [0.5, 0.6) is 0 Å². The highest BCUT2D eigenvalue weighted by atomic mass is 32.2. The van der Waals surface area contributed by atoms with Crippen LogP contribution in [0.15, 0.2) is 29.2 Å². The number of nitrogens with one attached hydrogen (secondary N) is 1. The van der Waals surface area contributed by atoms with E-state index in [-0.39, 0.29) is 4.90 Å². The van der Waals surface area contributed by atoms with Gasteiger partial charge in [-0.2, -0.15) is 0 Å². The maximum Gasteiger partial charge on any atom is 0.240 e. The summed E-state index contributed by atoms with van der Waals surface area (Å²) in [4.78, 5) is 0.0812. The fourth-order valence-electron chi connectivity index (χ4n) is 1.35. The molecule has 0 unspecified atom stereocenters. The quantitative estimate of drug-likeness (QED) is 0.724. The van der Waals surface area contributed by atoms with E-state index in [0.717, 1.165) is 31.4 Å². The molecule has 0 bridgehead atoms. The molecule has 0 radical (unpaired) electrons. The average molecular weight is 260 g/mol. The summed E-state index contributed by atoms with van der Waals surface area (Å²) >= 11 is 0. The van der Waals surface area contributed by atoms with Crippen LogP contribution in [0.4, 0.5) is 4.39 Å². The summed E-state index contributed by atoms with van der Waals surface area (Å²) < 4.78 is 38.5. The SMILES string of the molecule is NCCCCCNS(=O)(=O)c1ccc(F)cc1. The second kappa shape index (κ2) is 6.68. The molecule has 1 aromatic rings. The summed E-state index contributed by atoms with van der Waals surface area (Å²) in [6, 6.07) is 4.75. The van der Waals surface area contributed by atoms with Crippen molar-refractivity contribution in [2.45, 2.75) is 24.2 Å². The smallest absolute Gasteiger partial charge is 0.240 e. The van der Waals surface area contributed by atoms with E-state index in [1.807, 2.05) is 0 Å². The summed E-state index contributed by atoms with van der Waals surface area (Å²) in [7, 11) is -3.51. The number of hydrogen-bond acceptors (Lipinski definition) is 3. The van der Waals surface area contributed by atoms with E-state index in [0.29, 0.717) is 13.1 Å². The molecule has 1 rings (SSSR count). The van der Waals surface area contributed by atoms with Crippen LogP contribution in [0.3, 0.4) is 0 Å². The molecule has 0 atom stereocenters. The van der Waals surface area contributed by atoms with Gasteiger partial charge in [0.25, 0.3) is 0 Å². The zero-order valence-electron chi connectivity index (χ0n) is 9.52. The highest BCUT2D eigenvalue weighted by Gasteiger charge is 2.12. The summed E-state index contributed by atoms with van der Waals surface area (Å²) in [6.45, 7) is 0.990. The van der Waals surface area contributed by atoms with E-state index in [9.17, 15) is 12.8 Å². The van der Waals surface area contributed by atoms with Crippen LogP contribution in [0.1, 0.15) is 19.3 Å². The van der Waals surface area contributed by atoms with Gasteiger partial charge in [0.2, 0.25) is 10.0 Å². The molecule has 0 heterocycles. The molecule has 3 N–H and O–H groups in total. The number of unbranched alkanes of at least 4 members (excludes halogenated alkanes) is 2. The lowest BCUT2D eigenvalue weighted by atomic mass is 10.2. The summed E-state index contributed by atoms with van der Waals surface area (Å²) in [5, 5.41) is 0. The van der Waals surface area contributed by atoms with Crippen LogP contribution in [0.25, 0.3) is 0 Å². The Hall–Kier alpha value is -0.980. The predicted molar refractivity (Wildman–Crippen MR) is 64.5 cm³/mol. The molecule has 0 saturated heterocycles. The van der Waals surface area contributed by atoms with Gasteiger partial charge in [0.05, 0.1) is 4.90 Å². The van der Waals surface area contributed by atoms with Crippen molar-refractivity contribution in [3.05, 3.63) is 30.1 Å². The maximum atomic E-state index is 12.6. The van der Waals surface area contributed by atoms with Crippen molar-refractivity contribution in [1.82, 2.24) is 4.72 Å². The van der Waals surface area contributed by atoms with Gasteiger partial charge in [0.15, 0.2) is 0 Å². The lowest BCUT2D eigenvalue weighted by molar-refractivity contribution is 0.574. The molecule has 96 valence electrons. The molecule has 0 spiro atoms. The molecule has 1 aromatic carbocycles. The minimum absolute atomic E-state index is 0.0812. The van der Waals surface area contributed by atoms with Crippen molar-refractivity contribution in [2.24, 2.45) is 5.73 Å². The molecule has 0 aliphatic carbocycles. The van der Waals surface area contributed by atoms with Crippen molar-refractivity contribution < 1.29 is 12.8 Å². The van der Waals surface area contributed by atoms with Gasteiger partial charge in [0, 0.05) is 6.54 Å². The lowest BCUT2D eigenvalue weighted by Gasteiger charge is -2.06. The molecular formula is C11H17FN2O2S. The minimum atomic E-state index is -3.51. The van der Waals surface area contributed by atoms with Crippen molar-refractivity contribution in [3.8, 4) is 0 Å². The fraction of sp³-hybridized carbons (Fsp3) is 0.455. The monoisotopic (exact) mass is 260 g/mol. The molecule has 4 nitrogen and oxygen atoms in total. The Morgan fingerprint density at radius 3 is 2.35 bits per heavy atom. The average Bonchev–Trinajstić information content (AvgIpc) is 2.29. The Kier molecular flexibility index (Phi) is 5.54. The Labute approximate surface area is 101 Å². The summed E-state index contributed by atoms with van der Waals surface area (Å²) in [5.41, 5.74) is 5.33. The second-order valence-electron chi connectivity index (χ2n) is 3.70. The molecule has 0 aliphatic heterocycles.